The maximum Gasteiger partial charge on any atom is 0.266 e. The standard InChI is InChI=1S/C20H18F3N5O2/c1-10-25-26-20-14-8-16(30-3)15(29-2)7-13(14)19(27-28(10)20)24-9-11-5-4-6-12(17(11)21)18(22)23/h4-8,18H,9H2,1-3H3,(H,24,27). The molecule has 0 bridgehead atoms. The van der Waals surface area contributed by atoms with Crippen molar-refractivity contribution in [2.75, 3.05) is 19.5 Å². The molecule has 0 spiro atoms. The lowest BCUT2D eigenvalue weighted by Crippen LogP contribution is -2.08. The summed E-state index contributed by atoms with van der Waals surface area (Å²) in [5.74, 6) is 0.977. The first-order chi connectivity index (χ1) is 14.4. The Morgan fingerprint density at radius 1 is 1.07 bits per heavy atom. The number of hydrogen-bond donors (Lipinski definition) is 1. The predicted molar refractivity (Wildman–Crippen MR) is 105 cm³/mol. The molecule has 7 nitrogen and oxygen atoms in total. The minimum atomic E-state index is -2.89. The molecular formula is C20H18F3N5O2. The van der Waals surface area contributed by atoms with E-state index in [1.807, 2.05) is 0 Å². The summed E-state index contributed by atoms with van der Waals surface area (Å²) in [5.41, 5.74) is -0.0210. The number of nitrogens with zero attached hydrogens (tertiary/aromatic N) is 4. The van der Waals surface area contributed by atoms with Gasteiger partial charge in [0.2, 0.25) is 0 Å². The molecule has 4 aromatic rings. The number of halogens is 3. The van der Waals surface area contributed by atoms with Crippen molar-refractivity contribution in [1.82, 2.24) is 19.8 Å². The minimum absolute atomic E-state index is 0.0461. The third-order valence-corrected chi connectivity index (χ3v) is 4.81. The van der Waals surface area contributed by atoms with Crippen LogP contribution in [0.3, 0.4) is 0 Å². The summed E-state index contributed by atoms with van der Waals surface area (Å²) in [6, 6.07) is 7.39. The third kappa shape index (κ3) is 3.23. The fourth-order valence-electron chi connectivity index (χ4n) is 3.27. The smallest absolute Gasteiger partial charge is 0.266 e. The number of nitrogens with one attached hydrogen (secondary N) is 1. The Hall–Kier alpha value is -3.56. The maximum absolute atomic E-state index is 14.4. The summed E-state index contributed by atoms with van der Waals surface area (Å²) >= 11 is 0. The van der Waals surface area contributed by atoms with E-state index in [2.05, 4.69) is 20.6 Å². The molecule has 0 aliphatic heterocycles. The Morgan fingerprint density at radius 3 is 2.43 bits per heavy atom. The van der Waals surface area contributed by atoms with Crippen molar-refractivity contribution in [3.8, 4) is 11.5 Å². The number of alkyl halides is 2. The Morgan fingerprint density at radius 2 is 1.77 bits per heavy atom. The van der Waals surface area contributed by atoms with Crippen LogP contribution in [-0.4, -0.2) is 34.0 Å². The molecule has 0 aliphatic carbocycles. The van der Waals surface area contributed by atoms with E-state index in [1.165, 1.54) is 26.4 Å². The normalized spacial score (nSPS) is 11.4. The first-order valence-corrected chi connectivity index (χ1v) is 9.01. The molecule has 0 unspecified atom stereocenters. The van der Waals surface area contributed by atoms with Crippen LogP contribution in [-0.2, 0) is 6.54 Å². The molecule has 2 heterocycles. The van der Waals surface area contributed by atoms with Gasteiger partial charge >= 0.3 is 0 Å². The van der Waals surface area contributed by atoms with Crippen LogP contribution >= 0.6 is 0 Å². The van der Waals surface area contributed by atoms with Crippen molar-refractivity contribution in [3.63, 3.8) is 0 Å². The lowest BCUT2D eigenvalue weighted by molar-refractivity contribution is 0.146. The van der Waals surface area contributed by atoms with E-state index in [9.17, 15) is 13.2 Å². The second-order valence-electron chi connectivity index (χ2n) is 6.56. The lowest BCUT2D eigenvalue weighted by atomic mass is 10.1. The topological polar surface area (TPSA) is 73.6 Å². The maximum atomic E-state index is 14.4. The largest absolute Gasteiger partial charge is 0.493 e. The average molecular weight is 417 g/mol. The summed E-state index contributed by atoms with van der Waals surface area (Å²) in [7, 11) is 3.03. The average Bonchev–Trinajstić information content (AvgIpc) is 3.12. The van der Waals surface area contributed by atoms with E-state index in [0.29, 0.717) is 39.6 Å². The molecule has 0 saturated carbocycles. The summed E-state index contributed by atoms with van der Waals surface area (Å²) in [4.78, 5) is 0. The van der Waals surface area contributed by atoms with Crippen molar-refractivity contribution in [3.05, 3.63) is 53.1 Å². The van der Waals surface area contributed by atoms with Crippen molar-refractivity contribution in [1.29, 1.82) is 0 Å². The van der Waals surface area contributed by atoms with Crippen LogP contribution in [0.1, 0.15) is 23.4 Å². The van der Waals surface area contributed by atoms with E-state index in [4.69, 9.17) is 9.47 Å². The Bertz CT molecular complexity index is 1240. The quantitative estimate of drug-likeness (QED) is 0.505. The predicted octanol–water partition coefficient (Wildman–Crippen LogP) is 4.29. The molecule has 0 aliphatic rings. The summed E-state index contributed by atoms with van der Waals surface area (Å²) in [6.45, 7) is 1.70. The Balaban J connectivity index is 1.83. The highest BCUT2D eigenvalue weighted by Gasteiger charge is 2.19. The highest BCUT2D eigenvalue weighted by molar-refractivity contribution is 6.01. The van der Waals surface area contributed by atoms with E-state index in [1.54, 1.807) is 23.6 Å². The van der Waals surface area contributed by atoms with E-state index in [-0.39, 0.29) is 12.1 Å². The number of hydrogen-bond acceptors (Lipinski definition) is 6. The minimum Gasteiger partial charge on any atom is -0.493 e. The first kappa shape index (κ1) is 19.7. The zero-order chi connectivity index (χ0) is 21.4. The third-order valence-electron chi connectivity index (χ3n) is 4.81. The van der Waals surface area contributed by atoms with Gasteiger partial charge in [-0.1, -0.05) is 18.2 Å². The molecule has 0 amide bonds. The van der Waals surface area contributed by atoms with Crippen molar-refractivity contribution >= 4 is 22.2 Å². The van der Waals surface area contributed by atoms with E-state index >= 15 is 0 Å². The first-order valence-electron chi connectivity index (χ1n) is 9.01. The summed E-state index contributed by atoms with van der Waals surface area (Å²) in [6.07, 6.45) is -2.89. The number of rotatable bonds is 6. The van der Waals surface area contributed by atoms with Gasteiger partial charge < -0.3 is 14.8 Å². The van der Waals surface area contributed by atoms with E-state index in [0.717, 1.165) is 6.07 Å². The number of anilines is 1. The molecule has 30 heavy (non-hydrogen) atoms. The zero-order valence-electron chi connectivity index (χ0n) is 16.4. The van der Waals surface area contributed by atoms with Crippen LogP contribution < -0.4 is 14.8 Å². The molecule has 156 valence electrons. The molecule has 0 radical (unpaired) electrons. The molecule has 0 saturated heterocycles. The van der Waals surface area contributed by atoms with E-state index < -0.39 is 17.8 Å². The number of benzene rings is 2. The Kier molecular flexibility index (Phi) is 5.06. The van der Waals surface area contributed by atoms with Gasteiger partial charge in [0.15, 0.2) is 28.8 Å². The van der Waals surface area contributed by atoms with Crippen LogP contribution in [0, 0.1) is 12.7 Å². The second-order valence-corrected chi connectivity index (χ2v) is 6.56. The molecule has 0 atom stereocenters. The van der Waals surface area contributed by atoms with Gasteiger partial charge in [0.05, 0.1) is 19.8 Å². The van der Waals surface area contributed by atoms with Gasteiger partial charge in [-0.3, -0.25) is 0 Å². The number of ether oxygens (including phenoxy) is 2. The van der Waals surface area contributed by atoms with Gasteiger partial charge in [0.1, 0.15) is 5.82 Å². The van der Waals surface area contributed by atoms with Crippen LogP contribution in [0.25, 0.3) is 16.4 Å². The molecule has 1 N–H and O–H groups in total. The number of aromatic nitrogens is 4. The van der Waals surface area contributed by atoms with Crippen molar-refractivity contribution < 1.29 is 22.6 Å². The highest BCUT2D eigenvalue weighted by Crippen LogP contribution is 2.36. The van der Waals surface area contributed by atoms with Gasteiger partial charge in [0, 0.05) is 22.9 Å². The van der Waals surface area contributed by atoms with Crippen molar-refractivity contribution in [2.24, 2.45) is 0 Å². The van der Waals surface area contributed by atoms with Crippen LogP contribution in [0.4, 0.5) is 19.0 Å². The fourth-order valence-corrected chi connectivity index (χ4v) is 3.27. The molecule has 0 fully saturated rings. The zero-order valence-corrected chi connectivity index (χ0v) is 16.4. The second kappa shape index (κ2) is 7.69. The fraction of sp³-hybridized carbons (Fsp3) is 0.250. The van der Waals surface area contributed by atoms with Gasteiger partial charge in [-0.25, -0.2) is 13.2 Å². The molecule has 4 rings (SSSR count). The molecule has 10 heteroatoms. The number of fused-ring (bicyclic) bond motifs is 3. The number of aryl methyl sites for hydroxylation is 1. The molecular weight excluding hydrogens is 399 g/mol. The monoisotopic (exact) mass is 417 g/mol. The van der Waals surface area contributed by atoms with Gasteiger partial charge in [-0.2, -0.15) is 4.52 Å². The van der Waals surface area contributed by atoms with Crippen LogP contribution in [0.5, 0.6) is 11.5 Å². The molecule has 2 aromatic heterocycles. The number of methoxy groups -OCH3 is 2. The summed E-state index contributed by atoms with van der Waals surface area (Å²) < 4.78 is 52.7. The van der Waals surface area contributed by atoms with Gasteiger partial charge in [-0.05, 0) is 19.1 Å². The van der Waals surface area contributed by atoms with Crippen molar-refractivity contribution in [2.45, 2.75) is 19.9 Å². The van der Waals surface area contributed by atoms with Gasteiger partial charge in [0.25, 0.3) is 6.43 Å². The highest BCUT2D eigenvalue weighted by atomic mass is 19.3. The van der Waals surface area contributed by atoms with Gasteiger partial charge in [-0.15, -0.1) is 15.3 Å². The van der Waals surface area contributed by atoms with Crippen LogP contribution in [0.2, 0.25) is 0 Å². The Labute approximate surface area is 169 Å². The SMILES string of the molecule is COc1cc2c(NCc3cccc(C(F)F)c3F)nn3c(C)nnc3c2cc1OC. The van der Waals surface area contributed by atoms with Crippen LogP contribution in [0.15, 0.2) is 30.3 Å². The molecule has 2 aromatic carbocycles. The summed E-state index contributed by atoms with van der Waals surface area (Å²) in [5, 5.41) is 17.1. The lowest BCUT2D eigenvalue weighted by Gasteiger charge is -2.14.